The summed E-state index contributed by atoms with van der Waals surface area (Å²) in [6.45, 7) is 4.58. The molecule has 0 radical (unpaired) electrons. The first-order valence-corrected chi connectivity index (χ1v) is 11.4. The Balaban J connectivity index is 1.29. The minimum absolute atomic E-state index is 0.129. The van der Waals surface area contributed by atoms with Crippen molar-refractivity contribution in [2.75, 3.05) is 39.8 Å². The molecule has 3 saturated heterocycles. The van der Waals surface area contributed by atoms with Crippen molar-refractivity contribution in [3.05, 3.63) is 35.9 Å². The number of amides is 2. The number of carbonyl (C=O) groups is 2. The lowest BCUT2D eigenvalue weighted by atomic mass is 9.83. The topological polar surface area (TPSA) is 43.9 Å². The zero-order valence-corrected chi connectivity index (χ0v) is 17.8. The monoisotopic (exact) mass is 397 g/mol. The van der Waals surface area contributed by atoms with Gasteiger partial charge in [-0.1, -0.05) is 36.8 Å². The first-order chi connectivity index (χ1) is 14.1. The lowest BCUT2D eigenvalue weighted by molar-refractivity contribution is -0.135. The van der Waals surface area contributed by atoms with Gasteiger partial charge in [-0.25, -0.2) is 0 Å². The van der Waals surface area contributed by atoms with Gasteiger partial charge in [-0.05, 0) is 56.7 Å². The summed E-state index contributed by atoms with van der Waals surface area (Å²) in [5.74, 6) is 0.705. The summed E-state index contributed by atoms with van der Waals surface area (Å²) in [5.41, 5.74) is 1.24. The van der Waals surface area contributed by atoms with E-state index < -0.39 is 0 Å². The minimum Gasteiger partial charge on any atom is -0.345 e. The molecule has 0 spiro atoms. The lowest BCUT2D eigenvalue weighted by Crippen LogP contribution is -2.51. The molecule has 5 nitrogen and oxygen atoms in total. The molecule has 3 heterocycles. The van der Waals surface area contributed by atoms with Gasteiger partial charge in [0.2, 0.25) is 11.8 Å². The zero-order chi connectivity index (χ0) is 20.2. The molecule has 3 aliphatic rings. The maximum absolute atomic E-state index is 13.1. The number of benzene rings is 1. The van der Waals surface area contributed by atoms with E-state index in [0.717, 1.165) is 13.0 Å². The SMILES string of the molecule is CN(C[C@@H]1CCCN2CCCC[C@H]12)C(=O)[C@@H]1CC(=O)N(CCc2ccccc2)C1. The predicted octanol–water partition coefficient (Wildman–Crippen LogP) is 2.80. The van der Waals surface area contributed by atoms with Crippen molar-refractivity contribution in [2.45, 2.75) is 51.0 Å². The fourth-order valence-corrected chi connectivity index (χ4v) is 5.61. The Morgan fingerprint density at radius 2 is 1.90 bits per heavy atom. The normalized spacial score (nSPS) is 27.7. The highest BCUT2D eigenvalue weighted by atomic mass is 16.2. The van der Waals surface area contributed by atoms with Crippen LogP contribution in [0.1, 0.15) is 44.1 Å². The molecular formula is C24H35N3O2. The van der Waals surface area contributed by atoms with Crippen molar-refractivity contribution >= 4 is 11.8 Å². The van der Waals surface area contributed by atoms with Gasteiger partial charge in [-0.15, -0.1) is 0 Å². The number of hydrogen-bond acceptors (Lipinski definition) is 3. The Morgan fingerprint density at radius 1 is 1.10 bits per heavy atom. The standard InChI is InChI=1S/C24H35N3O2/c1-25(17-20-10-7-14-26-13-6-5-11-22(20)26)24(29)21-16-23(28)27(18-21)15-12-19-8-3-2-4-9-19/h2-4,8-9,20-22H,5-7,10-18H2,1H3/t20-,21+,22+/m0/s1. The third-order valence-corrected chi connectivity index (χ3v) is 7.19. The van der Waals surface area contributed by atoms with Crippen LogP contribution in [0.4, 0.5) is 0 Å². The van der Waals surface area contributed by atoms with Gasteiger partial charge in [0.25, 0.3) is 0 Å². The van der Waals surface area contributed by atoms with Crippen LogP contribution in [0.15, 0.2) is 30.3 Å². The molecule has 0 aliphatic carbocycles. The molecule has 0 saturated carbocycles. The van der Waals surface area contributed by atoms with Crippen molar-refractivity contribution in [2.24, 2.45) is 11.8 Å². The van der Waals surface area contributed by atoms with Crippen LogP contribution in [-0.4, -0.2) is 72.3 Å². The van der Waals surface area contributed by atoms with Crippen molar-refractivity contribution < 1.29 is 9.59 Å². The van der Waals surface area contributed by atoms with Gasteiger partial charge >= 0.3 is 0 Å². The Kier molecular flexibility index (Phi) is 6.53. The molecule has 5 heteroatoms. The van der Waals surface area contributed by atoms with Crippen molar-refractivity contribution in [1.82, 2.24) is 14.7 Å². The van der Waals surface area contributed by atoms with E-state index in [1.165, 1.54) is 50.8 Å². The first-order valence-electron chi connectivity index (χ1n) is 11.4. The summed E-state index contributed by atoms with van der Waals surface area (Å²) in [5, 5.41) is 0. The Bertz CT molecular complexity index is 705. The molecule has 4 rings (SSSR count). The summed E-state index contributed by atoms with van der Waals surface area (Å²) < 4.78 is 0. The highest BCUT2D eigenvalue weighted by molar-refractivity contribution is 5.89. The van der Waals surface area contributed by atoms with E-state index in [4.69, 9.17) is 0 Å². The second-order valence-electron chi connectivity index (χ2n) is 9.20. The third kappa shape index (κ3) is 4.82. The van der Waals surface area contributed by atoms with E-state index >= 15 is 0 Å². The molecule has 1 aromatic carbocycles. The molecule has 2 amide bonds. The summed E-state index contributed by atoms with van der Waals surface area (Å²) in [4.78, 5) is 32.0. The zero-order valence-electron chi connectivity index (χ0n) is 17.8. The largest absolute Gasteiger partial charge is 0.345 e. The number of hydrogen-bond donors (Lipinski definition) is 0. The molecule has 0 aromatic heterocycles. The fraction of sp³-hybridized carbons (Fsp3) is 0.667. The quantitative estimate of drug-likeness (QED) is 0.741. The molecule has 0 unspecified atom stereocenters. The molecule has 0 N–H and O–H groups in total. The van der Waals surface area contributed by atoms with Crippen LogP contribution in [0, 0.1) is 11.8 Å². The highest BCUT2D eigenvalue weighted by Gasteiger charge is 2.38. The Labute approximate surface area is 175 Å². The van der Waals surface area contributed by atoms with Crippen LogP contribution >= 0.6 is 0 Å². The number of carbonyl (C=O) groups excluding carboxylic acids is 2. The van der Waals surface area contributed by atoms with Crippen molar-refractivity contribution in [3.63, 3.8) is 0 Å². The van der Waals surface area contributed by atoms with Gasteiger partial charge < -0.3 is 14.7 Å². The number of fused-ring (bicyclic) bond motifs is 1. The first kappa shape index (κ1) is 20.4. The van der Waals surface area contributed by atoms with Crippen LogP contribution in [0.2, 0.25) is 0 Å². The second kappa shape index (κ2) is 9.29. The van der Waals surface area contributed by atoms with Gasteiger partial charge in [0.05, 0.1) is 5.92 Å². The number of likely N-dealkylation sites (tertiary alicyclic amines) is 1. The number of rotatable bonds is 6. The molecule has 1 aromatic rings. The molecule has 0 bridgehead atoms. The van der Waals surface area contributed by atoms with Gasteiger partial charge in [0, 0.05) is 39.1 Å². The van der Waals surface area contributed by atoms with Crippen LogP contribution in [-0.2, 0) is 16.0 Å². The van der Waals surface area contributed by atoms with Gasteiger partial charge in [0.15, 0.2) is 0 Å². The van der Waals surface area contributed by atoms with Gasteiger partial charge in [-0.3, -0.25) is 9.59 Å². The van der Waals surface area contributed by atoms with Crippen LogP contribution < -0.4 is 0 Å². The van der Waals surface area contributed by atoms with Crippen molar-refractivity contribution in [3.8, 4) is 0 Å². The summed E-state index contributed by atoms with van der Waals surface area (Å²) >= 11 is 0. The summed E-state index contributed by atoms with van der Waals surface area (Å²) in [7, 11) is 1.95. The molecule has 3 aliphatic heterocycles. The van der Waals surface area contributed by atoms with Crippen LogP contribution in [0.5, 0.6) is 0 Å². The average Bonchev–Trinajstić information content (AvgIpc) is 3.13. The van der Waals surface area contributed by atoms with E-state index in [9.17, 15) is 9.59 Å². The van der Waals surface area contributed by atoms with Crippen molar-refractivity contribution in [1.29, 1.82) is 0 Å². The molecule has 158 valence electrons. The summed E-state index contributed by atoms with van der Waals surface area (Å²) in [6.07, 6.45) is 7.62. The third-order valence-electron chi connectivity index (χ3n) is 7.19. The summed E-state index contributed by atoms with van der Waals surface area (Å²) in [6, 6.07) is 10.9. The average molecular weight is 398 g/mol. The van der Waals surface area contributed by atoms with E-state index in [1.54, 1.807) is 0 Å². The van der Waals surface area contributed by atoms with E-state index in [-0.39, 0.29) is 17.7 Å². The minimum atomic E-state index is -0.172. The van der Waals surface area contributed by atoms with Crippen LogP contribution in [0.3, 0.4) is 0 Å². The fourth-order valence-electron chi connectivity index (χ4n) is 5.61. The molecule has 29 heavy (non-hydrogen) atoms. The maximum Gasteiger partial charge on any atom is 0.227 e. The van der Waals surface area contributed by atoms with E-state index in [0.29, 0.717) is 31.5 Å². The lowest BCUT2D eigenvalue weighted by Gasteiger charge is -2.45. The van der Waals surface area contributed by atoms with Gasteiger partial charge in [0.1, 0.15) is 0 Å². The smallest absolute Gasteiger partial charge is 0.227 e. The Morgan fingerprint density at radius 3 is 2.72 bits per heavy atom. The number of nitrogens with zero attached hydrogens (tertiary/aromatic N) is 3. The highest BCUT2D eigenvalue weighted by Crippen LogP contribution is 2.31. The molecule has 3 fully saturated rings. The maximum atomic E-state index is 13.1. The van der Waals surface area contributed by atoms with Crippen LogP contribution in [0.25, 0.3) is 0 Å². The molecule has 3 atom stereocenters. The molecular weight excluding hydrogens is 362 g/mol. The van der Waals surface area contributed by atoms with E-state index in [2.05, 4.69) is 17.0 Å². The van der Waals surface area contributed by atoms with Gasteiger partial charge in [-0.2, -0.15) is 0 Å². The predicted molar refractivity (Wildman–Crippen MR) is 114 cm³/mol. The number of piperidine rings is 2. The second-order valence-corrected chi connectivity index (χ2v) is 9.20. The van der Waals surface area contributed by atoms with E-state index in [1.807, 2.05) is 35.0 Å². The Hall–Kier alpha value is -1.88.